The molecule has 0 aliphatic heterocycles. The maximum Gasteiger partial charge on any atom is 0.257 e. The van der Waals surface area contributed by atoms with Crippen LogP contribution in [-0.4, -0.2) is 29.5 Å². The molecule has 150 valence electrons. The van der Waals surface area contributed by atoms with Crippen molar-refractivity contribution in [1.29, 1.82) is 0 Å². The van der Waals surface area contributed by atoms with Gasteiger partial charge >= 0.3 is 0 Å². The summed E-state index contributed by atoms with van der Waals surface area (Å²) in [6.45, 7) is 3.12. The van der Waals surface area contributed by atoms with Gasteiger partial charge in [0.25, 0.3) is 5.91 Å². The number of nitrogens with one attached hydrogen (secondary N) is 2. The van der Waals surface area contributed by atoms with Crippen LogP contribution in [0.3, 0.4) is 0 Å². The zero-order valence-corrected chi connectivity index (χ0v) is 15.4. The van der Waals surface area contributed by atoms with E-state index in [2.05, 4.69) is 10.6 Å². The Bertz CT molecular complexity index is 821. The maximum absolute atomic E-state index is 13.8. The molecule has 2 atom stereocenters. The second kappa shape index (κ2) is 9.36. The van der Waals surface area contributed by atoms with Crippen molar-refractivity contribution in [3.8, 4) is 0 Å². The van der Waals surface area contributed by atoms with Crippen molar-refractivity contribution in [2.24, 2.45) is 5.92 Å². The number of benzene rings is 2. The van der Waals surface area contributed by atoms with Crippen LogP contribution < -0.4 is 10.6 Å². The van der Waals surface area contributed by atoms with Crippen LogP contribution in [0.15, 0.2) is 42.5 Å². The number of amides is 2. The van der Waals surface area contributed by atoms with Gasteiger partial charge in [0.15, 0.2) is 0 Å². The molecule has 5 nitrogen and oxygen atoms in total. The lowest BCUT2D eigenvalue weighted by Crippen LogP contribution is -2.50. The van der Waals surface area contributed by atoms with Gasteiger partial charge in [-0.25, -0.2) is 13.2 Å². The molecule has 0 aliphatic carbocycles. The van der Waals surface area contributed by atoms with Crippen molar-refractivity contribution < 1.29 is 27.9 Å². The monoisotopic (exact) mass is 394 g/mol. The van der Waals surface area contributed by atoms with Crippen molar-refractivity contribution in [3.63, 3.8) is 0 Å². The van der Waals surface area contributed by atoms with E-state index >= 15 is 0 Å². The van der Waals surface area contributed by atoms with E-state index in [0.29, 0.717) is 5.56 Å². The molecule has 28 heavy (non-hydrogen) atoms. The van der Waals surface area contributed by atoms with Crippen LogP contribution in [0.2, 0.25) is 0 Å². The highest BCUT2D eigenvalue weighted by Gasteiger charge is 2.27. The van der Waals surface area contributed by atoms with E-state index in [0.717, 1.165) is 18.2 Å². The van der Waals surface area contributed by atoms with Crippen molar-refractivity contribution in [2.45, 2.75) is 26.0 Å². The second-order valence-corrected chi connectivity index (χ2v) is 6.60. The summed E-state index contributed by atoms with van der Waals surface area (Å²) in [5.41, 5.74) is -0.368. The molecule has 0 spiro atoms. The lowest BCUT2D eigenvalue weighted by atomic mass is 10.0. The minimum absolute atomic E-state index is 0.183. The van der Waals surface area contributed by atoms with E-state index < -0.39 is 47.0 Å². The highest BCUT2D eigenvalue weighted by molar-refractivity contribution is 5.98. The number of halogens is 3. The largest absolute Gasteiger partial charge is 0.387 e. The van der Waals surface area contributed by atoms with Crippen LogP contribution in [-0.2, 0) is 4.79 Å². The van der Waals surface area contributed by atoms with Crippen molar-refractivity contribution in [1.82, 2.24) is 10.6 Å². The van der Waals surface area contributed by atoms with E-state index in [1.807, 2.05) is 0 Å². The summed E-state index contributed by atoms with van der Waals surface area (Å²) in [6.07, 6.45) is -1.09. The molecule has 0 fully saturated rings. The first-order chi connectivity index (χ1) is 13.2. The number of rotatable bonds is 7. The molecule has 0 radical (unpaired) electrons. The van der Waals surface area contributed by atoms with Crippen molar-refractivity contribution in [2.75, 3.05) is 6.54 Å². The SMILES string of the molecule is CC(C)C(NC(=O)c1c(F)cccc1F)C(=O)NCC(O)c1ccc(F)cc1. The fourth-order valence-electron chi connectivity index (χ4n) is 2.57. The number of carbonyl (C=O) groups is 2. The van der Waals surface area contributed by atoms with Gasteiger partial charge in [-0.1, -0.05) is 32.0 Å². The molecule has 2 unspecified atom stereocenters. The number of hydrogen-bond acceptors (Lipinski definition) is 3. The van der Waals surface area contributed by atoms with Crippen LogP contribution >= 0.6 is 0 Å². The van der Waals surface area contributed by atoms with Crippen LogP contribution in [0.25, 0.3) is 0 Å². The van der Waals surface area contributed by atoms with E-state index in [-0.39, 0.29) is 12.5 Å². The van der Waals surface area contributed by atoms with E-state index in [1.165, 1.54) is 24.3 Å². The molecule has 2 amide bonds. The third kappa shape index (κ3) is 5.32. The van der Waals surface area contributed by atoms with Crippen molar-refractivity contribution in [3.05, 3.63) is 71.0 Å². The fourth-order valence-corrected chi connectivity index (χ4v) is 2.57. The quantitative estimate of drug-likeness (QED) is 0.676. The van der Waals surface area contributed by atoms with E-state index in [1.54, 1.807) is 13.8 Å². The Morgan fingerprint density at radius 3 is 2.11 bits per heavy atom. The standard InChI is InChI=1S/C20H21F3N2O3/c1-11(2)18(25-19(27)17-14(22)4-3-5-15(17)23)20(28)24-10-16(26)12-6-8-13(21)9-7-12/h3-9,11,16,18,26H,10H2,1-2H3,(H,24,28)(H,25,27). The van der Waals surface area contributed by atoms with Gasteiger partial charge in [-0.05, 0) is 35.7 Å². The smallest absolute Gasteiger partial charge is 0.257 e. The Morgan fingerprint density at radius 1 is 1.00 bits per heavy atom. The first-order valence-electron chi connectivity index (χ1n) is 8.66. The first-order valence-corrected chi connectivity index (χ1v) is 8.66. The van der Waals surface area contributed by atoms with E-state index in [4.69, 9.17) is 0 Å². The lowest BCUT2D eigenvalue weighted by Gasteiger charge is -2.23. The lowest BCUT2D eigenvalue weighted by molar-refractivity contribution is -0.124. The third-order valence-electron chi connectivity index (χ3n) is 4.15. The minimum Gasteiger partial charge on any atom is -0.387 e. The molecule has 3 N–H and O–H groups in total. The van der Waals surface area contributed by atoms with Crippen LogP contribution in [0.4, 0.5) is 13.2 Å². The van der Waals surface area contributed by atoms with Crippen LogP contribution in [0.5, 0.6) is 0 Å². The Balaban J connectivity index is 2.03. The molecule has 0 saturated heterocycles. The predicted molar refractivity (Wildman–Crippen MR) is 96.8 cm³/mol. The highest BCUT2D eigenvalue weighted by Crippen LogP contribution is 2.15. The van der Waals surface area contributed by atoms with Gasteiger partial charge in [-0.15, -0.1) is 0 Å². The van der Waals surface area contributed by atoms with Gasteiger partial charge in [0, 0.05) is 6.54 Å². The van der Waals surface area contributed by atoms with Gasteiger partial charge in [0.05, 0.1) is 6.10 Å². The normalized spacial score (nSPS) is 13.1. The summed E-state index contributed by atoms with van der Waals surface area (Å²) in [5, 5.41) is 14.9. The average molecular weight is 394 g/mol. The molecule has 0 aromatic heterocycles. The average Bonchev–Trinajstić information content (AvgIpc) is 2.64. The zero-order chi connectivity index (χ0) is 20.8. The van der Waals surface area contributed by atoms with Crippen LogP contribution in [0.1, 0.15) is 35.9 Å². The topological polar surface area (TPSA) is 78.4 Å². The summed E-state index contributed by atoms with van der Waals surface area (Å²) in [6, 6.07) is 7.07. The molecule has 8 heteroatoms. The molecule has 2 rings (SSSR count). The van der Waals surface area contributed by atoms with E-state index in [9.17, 15) is 27.9 Å². The Hall–Kier alpha value is -2.87. The van der Waals surface area contributed by atoms with Crippen molar-refractivity contribution >= 4 is 11.8 Å². The summed E-state index contributed by atoms with van der Waals surface area (Å²) in [5.74, 6) is -4.59. The number of hydrogen-bond donors (Lipinski definition) is 3. The Morgan fingerprint density at radius 2 is 1.57 bits per heavy atom. The Kier molecular flexibility index (Phi) is 7.17. The molecule has 2 aromatic carbocycles. The van der Waals surface area contributed by atoms with Gasteiger partial charge in [0.2, 0.25) is 5.91 Å². The van der Waals surface area contributed by atoms with Gasteiger partial charge < -0.3 is 15.7 Å². The predicted octanol–water partition coefficient (Wildman–Crippen LogP) is 2.71. The molecular weight excluding hydrogens is 373 g/mol. The number of aliphatic hydroxyl groups is 1. The summed E-state index contributed by atoms with van der Waals surface area (Å²) in [7, 11) is 0. The fraction of sp³-hybridized carbons (Fsp3) is 0.300. The molecule has 2 aromatic rings. The maximum atomic E-state index is 13.8. The molecule has 0 heterocycles. The van der Waals surface area contributed by atoms with Gasteiger partial charge in [-0.3, -0.25) is 9.59 Å². The molecular formula is C20H21F3N2O3. The third-order valence-corrected chi connectivity index (χ3v) is 4.15. The first kappa shape index (κ1) is 21.4. The summed E-state index contributed by atoms with van der Waals surface area (Å²) >= 11 is 0. The number of aliphatic hydroxyl groups excluding tert-OH is 1. The summed E-state index contributed by atoms with van der Waals surface area (Å²) in [4.78, 5) is 24.7. The number of carbonyl (C=O) groups excluding carboxylic acids is 2. The second-order valence-electron chi connectivity index (χ2n) is 6.60. The minimum atomic E-state index is -1.09. The Labute approximate surface area is 160 Å². The molecule has 0 aliphatic rings. The van der Waals surface area contributed by atoms with Crippen LogP contribution in [0, 0.1) is 23.4 Å². The molecule has 0 saturated carbocycles. The molecule has 0 bridgehead atoms. The van der Waals surface area contributed by atoms with Gasteiger partial charge in [-0.2, -0.15) is 0 Å². The van der Waals surface area contributed by atoms with Gasteiger partial charge in [0.1, 0.15) is 29.1 Å². The zero-order valence-electron chi connectivity index (χ0n) is 15.4. The summed E-state index contributed by atoms with van der Waals surface area (Å²) < 4.78 is 40.5. The highest BCUT2D eigenvalue weighted by atomic mass is 19.1.